The van der Waals surface area contributed by atoms with Crippen molar-refractivity contribution in [1.29, 1.82) is 0 Å². The van der Waals surface area contributed by atoms with Gasteiger partial charge in [0.2, 0.25) is 0 Å². The van der Waals surface area contributed by atoms with Crippen LogP contribution in [0.5, 0.6) is 5.75 Å². The van der Waals surface area contributed by atoms with Gasteiger partial charge in [-0.3, -0.25) is 0 Å². The van der Waals surface area contributed by atoms with Crippen LogP contribution in [0.1, 0.15) is 11.1 Å². The van der Waals surface area contributed by atoms with Crippen LogP contribution in [0.4, 0.5) is 0 Å². The molecule has 16 heavy (non-hydrogen) atoms. The zero-order valence-electron chi connectivity index (χ0n) is 8.72. The summed E-state index contributed by atoms with van der Waals surface area (Å²) < 4.78 is 4.80. The van der Waals surface area contributed by atoms with E-state index in [1.54, 1.807) is 6.07 Å². The molecule has 0 saturated heterocycles. The molecule has 0 bridgehead atoms. The highest BCUT2D eigenvalue weighted by molar-refractivity contribution is 5.49. The standard InChI is InChI=1S/C14H11O2/c15-11-16-14-9-5-4-8-13(14)10-12-6-2-1-3-7-12/h1-9H,10H2. The molecular formula is C14H11O2. The summed E-state index contributed by atoms with van der Waals surface area (Å²) in [4.78, 5) is 10.2. The minimum atomic E-state index is 0.571. The van der Waals surface area contributed by atoms with Gasteiger partial charge in [-0.05, 0) is 17.2 Å². The lowest BCUT2D eigenvalue weighted by atomic mass is 10.0. The zero-order chi connectivity index (χ0) is 11.2. The summed E-state index contributed by atoms with van der Waals surface area (Å²) in [6.45, 7) is 1.46. The monoisotopic (exact) mass is 211 g/mol. The fourth-order valence-corrected chi connectivity index (χ4v) is 1.61. The van der Waals surface area contributed by atoms with Gasteiger partial charge in [-0.25, -0.2) is 4.79 Å². The maximum atomic E-state index is 10.2. The minimum absolute atomic E-state index is 0.571. The van der Waals surface area contributed by atoms with Crippen LogP contribution in [-0.2, 0) is 11.2 Å². The Morgan fingerprint density at radius 3 is 2.38 bits per heavy atom. The van der Waals surface area contributed by atoms with Gasteiger partial charge < -0.3 is 4.74 Å². The van der Waals surface area contributed by atoms with Gasteiger partial charge in [0.15, 0.2) is 0 Å². The van der Waals surface area contributed by atoms with Gasteiger partial charge in [-0.15, -0.1) is 0 Å². The number of ether oxygens (including phenoxy) is 1. The van der Waals surface area contributed by atoms with Gasteiger partial charge in [0.05, 0.1) is 0 Å². The van der Waals surface area contributed by atoms with Gasteiger partial charge in [-0.2, -0.15) is 0 Å². The van der Waals surface area contributed by atoms with Crippen molar-refractivity contribution >= 4 is 6.47 Å². The molecule has 2 nitrogen and oxygen atoms in total. The molecule has 79 valence electrons. The van der Waals surface area contributed by atoms with E-state index < -0.39 is 0 Å². The highest BCUT2D eigenvalue weighted by Crippen LogP contribution is 2.20. The average molecular weight is 211 g/mol. The molecule has 2 aromatic carbocycles. The molecule has 0 aliphatic carbocycles. The van der Waals surface area contributed by atoms with Crippen LogP contribution in [0.2, 0.25) is 0 Å². The third kappa shape index (κ3) is 2.48. The lowest BCUT2D eigenvalue weighted by Crippen LogP contribution is -1.95. The van der Waals surface area contributed by atoms with Crippen molar-refractivity contribution in [3.05, 3.63) is 65.7 Å². The molecule has 0 aliphatic heterocycles. The van der Waals surface area contributed by atoms with Crippen molar-refractivity contribution < 1.29 is 9.53 Å². The third-order valence-corrected chi connectivity index (χ3v) is 2.36. The van der Waals surface area contributed by atoms with Crippen LogP contribution in [0, 0.1) is 0 Å². The first kappa shape index (κ1) is 10.4. The quantitative estimate of drug-likeness (QED) is 0.777. The Bertz CT molecular complexity index is 463. The van der Waals surface area contributed by atoms with Crippen LogP contribution in [-0.4, -0.2) is 6.47 Å². The van der Waals surface area contributed by atoms with Gasteiger partial charge in [0.25, 0.3) is 0 Å². The molecule has 0 aliphatic rings. The molecule has 0 aromatic heterocycles. The molecule has 0 amide bonds. The average Bonchev–Trinajstić information content (AvgIpc) is 2.33. The van der Waals surface area contributed by atoms with Crippen molar-refractivity contribution in [2.24, 2.45) is 0 Å². The lowest BCUT2D eigenvalue weighted by molar-refractivity contribution is 0.440. The Labute approximate surface area is 94.5 Å². The predicted octanol–water partition coefficient (Wildman–Crippen LogP) is 2.72. The maximum absolute atomic E-state index is 10.2. The maximum Gasteiger partial charge on any atom is 0.423 e. The molecule has 0 atom stereocenters. The molecule has 2 rings (SSSR count). The second kappa shape index (κ2) is 5.12. The Morgan fingerprint density at radius 1 is 0.938 bits per heavy atom. The first-order valence-corrected chi connectivity index (χ1v) is 5.06. The molecule has 0 spiro atoms. The predicted molar refractivity (Wildman–Crippen MR) is 62.0 cm³/mol. The number of hydrogen-bond donors (Lipinski definition) is 0. The largest absolute Gasteiger partial charge is 0.423 e. The highest BCUT2D eigenvalue weighted by Gasteiger charge is 2.03. The van der Waals surface area contributed by atoms with E-state index in [0.29, 0.717) is 5.75 Å². The van der Waals surface area contributed by atoms with Crippen LogP contribution in [0.3, 0.4) is 0 Å². The topological polar surface area (TPSA) is 26.3 Å². The molecular weight excluding hydrogens is 200 g/mol. The van der Waals surface area contributed by atoms with Crippen molar-refractivity contribution in [2.75, 3.05) is 0 Å². The molecule has 0 N–H and O–H groups in total. The summed E-state index contributed by atoms with van der Waals surface area (Å²) in [6.07, 6.45) is 0.749. The summed E-state index contributed by atoms with van der Waals surface area (Å²) in [6, 6.07) is 17.5. The van der Waals surface area contributed by atoms with E-state index in [-0.39, 0.29) is 0 Å². The normalized spacial score (nSPS) is 9.75. The van der Waals surface area contributed by atoms with E-state index in [9.17, 15) is 4.79 Å². The molecule has 0 heterocycles. The Morgan fingerprint density at radius 2 is 1.62 bits per heavy atom. The number of para-hydroxylation sites is 1. The zero-order valence-corrected chi connectivity index (χ0v) is 8.72. The fourth-order valence-electron chi connectivity index (χ4n) is 1.61. The Hall–Kier alpha value is -2.09. The first-order valence-electron chi connectivity index (χ1n) is 5.06. The first-order chi connectivity index (χ1) is 7.90. The van der Waals surface area contributed by atoms with Gasteiger partial charge in [0.1, 0.15) is 5.75 Å². The van der Waals surface area contributed by atoms with E-state index >= 15 is 0 Å². The van der Waals surface area contributed by atoms with Crippen molar-refractivity contribution in [2.45, 2.75) is 6.42 Å². The summed E-state index contributed by atoms with van der Waals surface area (Å²) in [5.41, 5.74) is 2.17. The lowest BCUT2D eigenvalue weighted by Gasteiger charge is -2.06. The van der Waals surface area contributed by atoms with E-state index in [4.69, 9.17) is 4.74 Å². The van der Waals surface area contributed by atoms with Crippen LogP contribution < -0.4 is 4.74 Å². The number of hydrogen-bond acceptors (Lipinski definition) is 2. The molecule has 0 saturated carbocycles. The minimum Gasteiger partial charge on any atom is -0.418 e. The summed E-state index contributed by atoms with van der Waals surface area (Å²) >= 11 is 0. The van der Waals surface area contributed by atoms with Crippen molar-refractivity contribution in [1.82, 2.24) is 0 Å². The van der Waals surface area contributed by atoms with Crippen LogP contribution in [0.15, 0.2) is 54.6 Å². The molecule has 2 heteroatoms. The van der Waals surface area contributed by atoms with E-state index in [0.717, 1.165) is 12.0 Å². The number of rotatable bonds is 4. The highest BCUT2D eigenvalue weighted by atomic mass is 16.5. The molecule has 0 unspecified atom stereocenters. The third-order valence-electron chi connectivity index (χ3n) is 2.36. The summed E-state index contributed by atoms with van der Waals surface area (Å²) in [5, 5.41) is 0. The summed E-state index contributed by atoms with van der Waals surface area (Å²) in [5.74, 6) is 0.571. The van der Waals surface area contributed by atoms with E-state index in [2.05, 4.69) is 0 Å². The van der Waals surface area contributed by atoms with Crippen molar-refractivity contribution in [3.8, 4) is 5.75 Å². The molecule has 1 radical (unpaired) electrons. The van der Waals surface area contributed by atoms with Gasteiger partial charge in [-0.1, -0.05) is 48.5 Å². The smallest absolute Gasteiger partial charge is 0.418 e. The second-order valence-electron chi connectivity index (χ2n) is 3.46. The van der Waals surface area contributed by atoms with Gasteiger partial charge in [0, 0.05) is 6.42 Å². The molecule has 0 fully saturated rings. The van der Waals surface area contributed by atoms with Gasteiger partial charge >= 0.3 is 6.47 Å². The Kier molecular flexibility index (Phi) is 3.34. The number of benzene rings is 2. The summed E-state index contributed by atoms with van der Waals surface area (Å²) in [7, 11) is 0. The van der Waals surface area contributed by atoms with Crippen molar-refractivity contribution in [3.63, 3.8) is 0 Å². The number of carbonyl (C=O) groups excluding carboxylic acids is 1. The Balaban J connectivity index is 2.24. The van der Waals surface area contributed by atoms with Crippen LogP contribution >= 0.6 is 0 Å². The fraction of sp³-hybridized carbons (Fsp3) is 0.0714. The van der Waals surface area contributed by atoms with E-state index in [1.807, 2.05) is 48.5 Å². The SMILES string of the molecule is O=[C]Oc1ccccc1Cc1ccccc1. The van der Waals surface area contributed by atoms with Crippen LogP contribution in [0.25, 0.3) is 0 Å². The molecule has 2 aromatic rings. The van der Waals surface area contributed by atoms with E-state index in [1.165, 1.54) is 12.0 Å². The second-order valence-corrected chi connectivity index (χ2v) is 3.46.